The first kappa shape index (κ1) is 12.5. The third kappa shape index (κ3) is 3.18. The molecule has 1 aromatic rings. The molecule has 0 radical (unpaired) electrons. The topological polar surface area (TPSA) is 41.9 Å². The van der Waals surface area contributed by atoms with Gasteiger partial charge in [0.05, 0.1) is 0 Å². The van der Waals surface area contributed by atoms with Crippen molar-refractivity contribution in [3.8, 4) is 0 Å². The minimum absolute atomic E-state index is 0.116. The van der Waals surface area contributed by atoms with Gasteiger partial charge in [-0.2, -0.15) is 4.98 Å². The molecule has 1 aromatic heterocycles. The molecule has 6 heteroatoms. The summed E-state index contributed by atoms with van der Waals surface area (Å²) < 4.78 is 0. The highest BCUT2D eigenvalue weighted by Gasteiger charge is 2.15. The Morgan fingerprint density at radius 2 is 2.00 bits per heavy atom. The Kier molecular flexibility index (Phi) is 4.54. The summed E-state index contributed by atoms with van der Waals surface area (Å²) in [7, 11) is 1.92. The number of hydrogen-bond donors (Lipinski definition) is 0. The summed E-state index contributed by atoms with van der Waals surface area (Å²) in [6.07, 6.45) is 2.17. The molecule has 0 N–H and O–H groups in total. The highest BCUT2D eigenvalue weighted by atomic mass is 35.5. The number of anilines is 1. The van der Waals surface area contributed by atoms with Crippen molar-refractivity contribution in [3.05, 3.63) is 10.4 Å². The Bertz CT molecular complexity index is 332. The van der Waals surface area contributed by atoms with Crippen molar-refractivity contribution in [2.45, 2.75) is 32.7 Å². The van der Waals surface area contributed by atoms with Crippen LogP contribution in [0.15, 0.2) is 0 Å². The van der Waals surface area contributed by atoms with Crippen molar-refractivity contribution in [2.75, 3.05) is 11.9 Å². The molecule has 1 heterocycles. The summed E-state index contributed by atoms with van der Waals surface area (Å²) in [6, 6.07) is 0.347. The van der Waals surface area contributed by atoms with Gasteiger partial charge in [0.15, 0.2) is 11.0 Å². The Labute approximate surface area is 99.6 Å². The zero-order valence-electron chi connectivity index (χ0n) is 9.04. The normalized spacial score (nSPS) is 12.6. The molecule has 0 saturated carbocycles. The number of nitrogens with zero attached hydrogens (tertiary/aromatic N) is 4. The highest BCUT2D eigenvalue weighted by molar-refractivity contribution is 6.32. The molecule has 4 nitrogen and oxygen atoms in total. The molecular weight excluding hydrogens is 235 g/mol. The maximum absolute atomic E-state index is 5.90. The van der Waals surface area contributed by atoms with Crippen LogP contribution < -0.4 is 4.90 Å². The fourth-order valence-corrected chi connectivity index (χ4v) is 1.66. The molecule has 84 valence electrons. The summed E-state index contributed by atoms with van der Waals surface area (Å²) in [6.45, 7) is 4.24. The van der Waals surface area contributed by atoms with Crippen LogP contribution in [0.4, 0.5) is 5.82 Å². The van der Waals surface area contributed by atoms with Gasteiger partial charge in [-0.1, -0.05) is 24.9 Å². The fourth-order valence-electron chi connectivity index (χ4n) is 1.33. The molecule has 0 bridgehead atoms. The smallest absolute Gasteiger partial charge is 0.245 e. The molecule has 0 spiro atoms. The van der Waals surface area contributed by atoms with Gasteiger partial charge in [-0.05, 0) is 24.9 Å². The molecule has 0 amide bonds. The quantitative estimate of drug-likeness (QED) is 0.822. The molecule has 0 aliphatic heterocycles. The number of aromatic nitrogens is 3. The molecular formula is C9H14Cl2N4. The zero-order valence-corrected chi connectivity index (χ0v) is 10.5. The Morgan fingerprint density at radius 3 is 2.60 bits per heavy atom. The third-order valence-electron chi connectivity index (χ3n) is 2.30. The molecule has 1 atom stereocenters. The lowest BCUT2D eigenvalue weighted by molar-refractivity contribution is 0.609. The lowest BCUT2D eigenvalue weighted by Crippen LogP contribution is -2.30. The van der Waals surface area contributed by atoms with E-state index in [2.05, 4.69) is 29.0 Å². The first-order chi connectivity index (χ1) is 7.06. The monoisotopic (exact) mass is 248 g/mol. The number of halogens is 2. The number of hydrogen-bond acceptors (Lipinski definition) is 4. The van der Waals surface area contributed by atoms with E-state index >= 15 is 0 Å². The van der Waals surface area contributed by atoms with Crippen LogP contribution in [-0.2, 0) is 0 Å². The highest BCUT2D eigenvalue weighted by Crippen LogP contribution is 2.23. The van der Waals surface area contributed by atoms with Crippen molar-refractivity contribution in [1.82, 2.24) is 15.2 Å². The summed E-state index contributed by atoms with van der Waals surface area (Å²) in [5.41, 5.74) is 0. The summed E-state index contributed by atoms with van der Waals surface area (Å²) in [5, 5.41) is 7.69. The van der Waals surface area contributed by atoms with Gasteiger partial charge in [-0.3, -0.25) is 0 Å². The van der Waals surface area contributed by atoms with E-state index in [4.69, 9.17) is 23.2 Å². The average molecular weight is 249 g/mol. The molecule has 0 aliphatic rings. The summed E-state index contributed by atoms with van der Waals surface area (Å²) in [5.74, 6) is 0.581. The van der Waals surface area contributed by atoms with Crippen LogP contribution in [0.1, 0.15) is 26.7 Å². The van der Waals surface area contributed by atoms with Crippen molar-refractivity contribution >= 4 is 29.0 Å². The van der Waals surface area contributed by atoms with E-state index in [0.717, 1.165) is 12.8 Å². The fraction of sp³-hybridized carbons (Fsp3) is 0.667. The maximum Gasteiger partial charge on any atom is 0.245 e. The first-order valence-electron chi connectivity index (χ1n) is 4.84. The predicted molar refractivity (Wildman–Crippen MR) is 62.6 cm³/mol. The molecule has 0 aromatic carbocycles. The van der Waals surface area contributed by atoms with Crippen molar-refractivity contribution in [3.63, 3.8) is 0 Å². The summed E-state index contributed by atoms with van der Waals surface area (Å²) in [4.78, 5) is 6.03. The van der Waals surface area contributed by atoms with Crippen LogP contribution in [0.2, 0.25) is 10.4 Å². The van der Waals surface area contributed by atoms with Crippen molar-refractivity contribution in [2.24, 2.45) is 0 Å². The van der Waals surface area contributed by atoms with Crippen LogP contribution in [0, 0.1) is 0 Å². The van der Waals surface area contributed by atoms with E-state index in [0.29, 0.717) is 11.9 Å². The second-order valence-corrected chi connectivity index (χ2v) is 4.14. The first-order valence-corrected chi connectivity index (χ1v) is 5.60. The van der Waals surface area contributed by atoms with E-state index in [1.807, 2.05) is 11.9 Å². The molecule has 1 unspecified atom stereocenters. The van der Waals surface area contributed by atoms with Gasteiger partial charge in [-0.25, -0.2) is 0 Å². The van der Waals surface area contributed by atoms with Gasteiger partial charge in [-0.15, -0.1) is 10.2 Å². The van der Waals surface area contributed by atoms with E-state index in [9.17, 15) is 0 Å². The molecule has 0 fully saturated rings. The standard InChI is InChI=1S/C9H14Cl2N4/c1-4-5-6(2)15(3)8-7(10)13-14-9(11)12-8/h6H,4-5H2,1-3H3. The van der Waals surface area contributed by atoms with E-state index in [1.54, 1.807) is 0 Å². The lowest BCUT2D eigenvalue weighted by Gasteiger charge is -2.25. The van der Waals surface area contributed by atoms with Gasteiger partial charge in [0, 0.05) is 13.1 Å². The van der Waals surface area contributed by atoms with Crippen LogP contribution >= 0.6 is 23.2 Å². The van der Waals surface area contributed by atoms with E-state index < -0.39 is 0 Å². The maximum atomic E-state index is 5.90. The average Bonchev–Trinajstić information content (AvgIpc) is 2.21. The van der Waals surface area contributed by atoms with E-state index in [-0.39, 0.29) is 10.4 Å². The molecule has 15 heavy (non-hydrogen) atoms. The van der Waals surface area contributed by atoms with Gasteiger partial charge in [0.1, 0.15) is 0 Å². The third-order valence-corrected chi connectivity index (χ3v) is 2.71. The van der Waals surface area contributed by atoms with E-state index in [1.165, 1.54) is 0 Å². The van der Waals surface area contributed by atoms with Gasteiger partial charge in [0.25, 0.3) is 0 Å². The van der Waals surface area contributed by atoms with Crippen molar-refractivity contribution < 1.29 is 0 Å². The minimum atomic E-state index is 0.116. The Balaban J connectivity index is 2.89. The SMILES string of the molecule is CCCC(C)N(C)c1nc(Cl)nnc1Cl. The molecule has 1 rings (SSSR count). The van der Waals surface area contributed by atoms with Crippen molar-refractivity contribution in [1.29, 1.82) is 0 Å². The zero-order chi connectivity index (χ0) is 11.4. The predicted octanol–water partition coefficient (Wildman–Crippen LogP) is 2.80. The lowest BCUT2D eigenvalue weighted by atomic mass is 10.2. The minimum Gasteiger partial charge on any atom is -0.354 e. The Hall–Kier alpha value is -0.610. The largest absolute Gasteiger partial charge is 0.354 e. The van der Waals surface area contributed by atoms with Crippen LogP contribution in [0.5, 0.6) is 0 Å². The summed E-state index contributed by atoms with van der Waals surface area (Å²) >= 11 is 11.6. The van der Waals surface area contributed by atoms with Gasteiger partial charge in [0.2, 0.25) is 5.28 Å². The van der Waals surface area contributed by atoms with Gasteiger partial charge >= 0.3 is 0 Å². The molecule has 0 aliphatic carbocycles. The van der Waals surface area contributed by atoms with Crippen LogP contribution in [0.25, 0.3) is 0 Å². The van der Waals surface area contributed by atoms with Gasteiger partial charge < -0.3 is 4.90 Å². The number of rotatable bonds is 4. The Morgan fingerprint density at radius 1 is 1.33 bits per heavy atom. The van der Waals surface area contributed by atoms with Crippen LogP contribution in [-0.4, -0.2) is 28.3 Å². The van der Waals surface area contributed by atoms with Crippen LogP contribution in [0.3, 0.4) is 0 Å². The second-order valence-electron chi connectivity index (χ2n) is 3.44. The second kappa shape index (κ2) is 5.47. The molecule has 0 saturated heterocycles.